The first-order valence-electron chi connectivity index (χ1n) is 24.1. The molecule has 11 heteroatoms. The number of aliphatic carboxylic acids is 1. The molecule has 6 aromatic rings. The molecule has 1 aliphatic heterocycles. The molecule has 65 heavy (non-hydrogen) atoms. The SMILES string of the molecule is CCCCCCc1cc(-c2sc(-c3sc(-c4ccc5c(c4)c4cc6c(cc4n5CC)OCCOCCOCCO6)cc3CCCCCC)cc2CCCCCC)sc1/C=C(/C#N)C(=O)O. The highest BCUT2D eigenvalue weighted by atomic mass is 32.1. The molecule has 2 aromatic carbocycles. The predicted octanol–water partition coefficient (Wildman–Crippen LogP) is 15.2. The lowest BCUT2D eigenvalue weighted by Gasteiger charge is -2.16. The van der Waals surface area contributed by atoms with Crippen molar-refractivity contribution in [3.8, 4) is 47.5 Å². The third-order valence-corrected chi connectivity index (χ3v) is 16.2. The number of fused-ring (bicyclic) bond motifs is 4. The monoisotopic (exact) mass is 934 g/mol. The van der Waals surface area contributed by atoms with Crippen molar-refractivity contribution in [1.29, 1.82) is 5.26 Å². The van der Waals surface area contributed by atoms with Crippen molar-refractivity contribution < 1.29 is 28.8 Å². The molecular weight excluding hydrogens is 869 g/mol. The summed E-state index contributed by atoms with van der Waals surface area (Å²) >= 11 is 5.43. The van der Waals surface area contributed by atoms with E-state index in [2.05, 4.69) is 80.8 Å². The zero-order valence-electron chi connectivity index (χ0n) is 38.9. The number of nitriles is 1. The van der Waals surface area contributed by atoms with Crippen LogP contribution in [0.1, 0.15) is 126 Å². The maximum atomic E-state index is 12.0. The minimum atomic E-state index is -1.18. The van der Waals surface area contributed by atoms with Crippen molar-refractivity contribution in [1.82, 2.24) is 4.57 Å². The number of nitrogens with zero attached hydrogens (tertiary/aromatic N) is 2. The van der Waals surface area contributed by atoms with Gasteiger partial charge in [-0.25, -0.2) is 4.79 Å². The third-order valence-electron chi connectivity index (χ3n) is 12.3. The highest BCUT2D eigenvalue weighted by molar-refractivity contribution is 7.27. The average molecular weight is 935 g/mol. The van der Waals surface area contributed by atoms with Crippen LogP contribution in [0.3, 0.4) is 0 Å². The molecule has 4 aromatic heterocycles. The largest absolute Gasteiger partial charge is 0.487 e. The van der Waals surface area contributed by atoms with Crippen LogP contribution in [0, 0.1) is 11.3 Å². The minimum Gasteiger partial charge on any atom is -0.487 e. The van der Waals surface area contributed by atoms with Gasteiger partial charge in [-0.1, -0.05) is 84.6 Å². The Kier molecular flexibility index (Phi) is 18.2. The average Bonchev–Trinajstić information content (AvgIpc) is 4.10. The van der Waals surface area contributed by atoms with Gasteiger partial charge in [0.05, 0.1) is 31.9 Å². The number of benzene rings is 2. The Labute approximate surface area is 397 Å². The Morgan fingerprint density at radius 1 is 0.631 bits per heavy atom. The molecule has 0 fully saturated rings. The standard InChI is InChI=1S/C54H66N2O6S3/c1-5-9-12-15-18-37-30-50(63-48(37)33-41(36-55)54(57)58)52-40(20-17-14-11-7-3)32-51(65-52)53-39(19-16-13-10-6-2)31-49(64-53)38-21-22-44-42(29-38)43-34-46-47(35-45(43)56(44)8-4)62-28-26-60-24-23-59-25-27-61-46/h21-22,29-35H,5-20,23-28H2,1-4H3,(H,57,58)/b41-33-. The van der Waals surface area contributed by atoms with Gasteiger partial charge < -0.3 is 28.6 Å². The van der Waals surface area contributed by atoms with E-state index < -0.39 is 5.97 Å². The fourth-order valence-corrected chi connectivity index (χ4v) is 12.7. The lowest BCUT2D eigenvalue weighted by Crippen LogP contribution is -2.15. The number of rotatable bonds is 21. The summed E-state index contributed by atoms with van der Waals surface area (Å²) in [6.07, 6.45) is 18.5. The van der Waals surface area contributed by atoms with Gasteiger partial charge in [-0.05, 0) is 110 Å². The molecule has 0 bridgehead atoms. The van der Waals surface area contributed by atoms with Gasteiger partial charge in [0.1, 0.15) is 24.9 Å². The van der Waals surface area contributed by atoms with E-state index in [0.29, 0.717) is 39.6 Å². The Bertz CT molecular complexity index is 2590. The van der Waals surface area contributed by atoms with Crippen molar-refractivity contribution in [2.45, 2.75) is 131 Å². The number of hydrogen-bond acceptors (Lipinski definition) is 9. The molecule has 1 N–H and O–H groups in total. The molecule has 0 saturated heterocycles. The molecule has 0 saturated carbocycles. The molecule has 7 rings (SSSR count). The fourth-order valence-electron chi connectivity index (χ4n) is 8.84. The Balaban J connectivity index is 1.31. The molecule has 0 unspecified atom stereocenters. The lowest BCUT2D eigenvalue weighted by atomic mass is 10.0. The first kappa shape index (κ1) is 48.5. The Morgan fingerprint density at radius 2 is 1.15 bits per heavy atom. The van der Waals surface area contributed by atoms with Crippen molar-refractivity contribution >= 4 is 67.9 Å². The quantitative estimate of drug-likeness (QED) is 0.0435. The van der Waals surface area contributed by atoms with Crippen molar-refractivity contribution in [2.75, 3.05) is 39.6 Å². The summed E-state index contributed by atoms with van der Waals surface area (Å²) in [6.45, 7) is 12.7. The fraction of sp³-hybridized carbons (Fsp3) is 0.481. The van der Waals surface area contributed by atoms with Crippen LogP contribution in [0.25, 0.3) is 57.8 Å². The van der Waals surface area contributed by atoms with Crippen LogP contribution >= 0.6 is 34.0 Å². The number of carboxylic acids is 1. The van der Waals surface area contributed by atoms with E-state index in [0.717, 1.165) is 90.8 Å². The number of aromatic nitrogens is 1. The summed E-state index contributed by atoms with van der Waals surface area (Å²) in [5, 5.41) is 21.9. The number of aryl methyl sites for hydroxylation is 4. The number of hydrogen-bond donors (Lipinski definition) is 1. The summed E-state index contributed by atoms with van der Waals surface area (Å²) < 4.78 is 26.4. The van der Waals surface area contributed by atoms with Crippen LogP contribution in [-0.4, -0.2) is 55.3 Å². The van der Waals surface area contributed by atoms with E-state index in [4.69, 9.17) is 18.9 Å². The van der Waals surface area contributed by atoms with Gasteiger partial charge in [0.25, 0.3) is 0 Å². The second kappa shape index (κ2) is 24.4. The summed E-state index contributed by atoms with van der Waals surface area (Å²) in [4.78, 5) is 19.3. The molecule has 0 radical (unpaired) electrons. The van der Waals surface area contributed by atoms with Gasteiger partial charge in [-0.3, -0.25) is 0 Å². The smallest absolute Gasteiger partial charge is 0.346 e. The minimum absolute atomic E-state index is 0.217. The van der Waals surface area contributed by atoms with Crippen molar-refractivity contribution in [3.05, 3.63) is 75.7 Å². The topological polar surface area (TPSA) is 103 Å². The van der Waals surface area contributed by atoms with E-state index in [1.54, 1.807) is 17.4 Å². The maximum absolute atomic E-state index is 12.0. The summed E-state index contributed by atoms with van der Waals surface area (Å²) in [6, 6.07) is 20.4. The normalized spacial score (nSPS) is 13.9. The predicted molar refractivity (Wildman–Crippen MR) is 272 cm³/mol. The second-order valence-corrected chi connectivity index (χ2v) is 20.2. The zero-order valence-corrected chi connectivity index (χ0v) is 41.3. The van der Waals surface area contributed by atoms with Gasteiger partial charge >= 0.3 is 5.97 Å². The van der Waals surface area contributed by atoms with Crippen LogP contribution in [0.2, 0.25) is 0 Å². The van der Waals surface area contributed by atoms with Crippen molar-refractivity contribution in [3.63, 3.8) is 0 Å². The van der Waals surface area contributed by atoms with Crippen LogP contribution in [0.4, 0.5) is 0 Å². The van der Waals surface area contributed by atoms with Gasteiger partial charge in [0.2, 0.25) is 0 Å². The van der Waals surface area contributed by atoms with Gasteiger partial charge in [-0.15, -0.1) is 34.0 Å². The molecule has 0 amide bonds. The van der Waals surface area contributed by atoms with E-state index in [1.165, 1.54) is 96.9 Å². The van der Waals surface area contributed by atoms with E-state index in [-0.39, 0.29) is 5.57 Å². The highest BCUT2D eigenvalue weighted by Gasteiger charge is 2.23. The third kappa shape index (κ3) is 12.1. The molecular formula is C54H66N2O6S3. The number of ether oxygens (including phenoxy) is 4. The molecule has 5 heterocycles. The van der Waals surface area contributed by atoms with E-state index in [1.807, 2.05) is 28.7 Å². The number of carbonyl (C=O) groups is 1. The lowest BCUT2D eigenvalue weighted by molar-refractivity contribution is -0.132. The molecule has 346 valence electrons. The van der Waals surface area contributed by atoms with Gasteiger partial charge in [0, 0.05) is 58.2 Å². The molecule has 0 atom stereocenters. The summed E-state index contributed by atoms with van der Waals surface area (Å²) in [5.41, 5.74) is 7.22. The van der Waals surface area contributed by atoms with Gasteiger partial charge in [0.15, 0.2) is 11.5 Å². The first-order chi connectivity index (χ1) is 31.9. The molecule has 0 aliphatic carbocycles. The van der Waals surface area contributed by atoms with Gasteiger partial charge in [-0.2, -0.15) is 5.26 Å². The van der Waals surface area contributed by atoms with Crippen molar-refractivity contribution in [2.24, 2.45) is 0 Å². The zero-order chi connectivity index (χ0) is 45.5. The summed E-state index contributed by atoms with van der Waals surface area (Å²) in [7, 11) is 0. The Hall–Kier alpha value is -4.44. The Morgan fingerprint density at radius 3 is 1.74 bits per heavy atom. The molecule has 8 nitrogen and oxygen atoms in total. The van der Waals surface area contributed by atoms with E-state index >= 15 is 0 Å². The van der Waals surface area contributed by atoms with E-state index in [9.17, 15) is 15.2 Å². The highest BCUT2D eigenvalue weighted by Crippen LogP contribution is 2.49. The molecule has 0 spiro atoms. The van der Waals surface area contributed by atoms with Crippen LogP contribution < -0.4 is 9.47 Å². The number of unbranched alkanes of at least 4 members (excludes halogenated alkanes) is 9. The summed E-state index contributed by atoms with van der Waals surface area (Å²) in [5.74, 6) is 0.264. The number of thiophene rings is 3. The van der Waals surface area contributed by atoms with Crippen LogP contribution in [0.15, 0.2) is 54.1 Å². The van der Waals surface area contributed by atoms with Crippen LogP contribution in [-0.2, 0) is 40.1 Å². The maximum Gasteiger partial charge on any atom is 0.346 e. The van der Waals surface area contributed by atoms with Crippen LogP contribution in [0.5, 0.6) is 11.5 Å². The second-order valence-electron chi connectivity index (χ2n) is 17.1. The number of carboxylic acid groups (broad SMARTS) is 1. The molecule has 1 aliphatic rings. The first-order valence-corrected chi connectivity index (χ1v) is 26.6.